The maximum absolute atomic E-state index is 9.27. The molecular weight excluding hydrogens is 258 g/mol. The van der Waals surface area contributed by atoms with E-state index in [4.69, 9.17) is 12.2 Å². The molecule has 0 aliphatic heterocycles. The van der Waals surface area contributed by atoms with Crippen molar-refractivity contribution in [2.24, 2.45) is 0 Å². The maximum Gasteiger partial charge on any atom is 0.107 e. The molecule has 0 aliphatic rings. The third-order valence-corrected chi connectivity index (χ3v) is 3.13. The van der Waals surface area contributed by atoms with E-state index in [1.54, 1.807) is 12.4 Å². The summed E-state index contributed by atoms with van der Waals surface area (Å²) in [5.74, 6) is 0. The number of thiocarbonyl (C=S) groups is 1. The zero-order valence-corrected chi connectivity index (χ0v) is 11.7. The number of hydroxylamine groups is 2. The first kappa shape index (κ1) is 13.6. The number of hydrogen-bond acceptors (Lipinski definition) is 4. The minimum absolute atomic E-state index is 0.467. The first-order valence-electron chi connectivity index (χ1n) is 5.89. The first-order valence-corrected chi connectivity index (χ1v) is 6.30. The minimum Gasteiger partial charge on any atom is -0.288 e. The van der Waals surface area contributed by atoms with Gasteiger partial charge in [0.25, 0.3) is 0 Å². The van der Waals surface area contributed by atoms with Gasteiger partial charge in [-0.1, -0.05) is 12.2 Å². The second-order valence-corrected chi connectivity index (χ2v) is 4.83. The highest BCUT2D eigenvalue weighted by atomic mass is 32.1. The van der Waals surface area contributed by atoms with E-state index in [1.165, 1.54) is 7.05 Å². The van der Waals surface area contributed by atoms with Gasteiger partial charge in [0.15, 0.2) is 0 Å². The normalized spacial score (nSPS) is 10.3. The van der Waals surface area contributed by atoms with Crippen LogP contribution < -0.4 is 0 Å². The van der Waals surface area contributed by atoms with Crippen LogP contribution in [0.5, 0.6) is 0 Å². The molecule has 2 aromatic rings. The molecule has 2 aromatic heterocycles. The van der Waals surface area contributed by atoms with Crippen LogP contribution in [-0.2, 0) is 6.42 Å². The molecule has 1 N–H and O–H groups in total. The Morgan fingerprint density at radius 3 is 2.47 bits per heavy atom. The van der Waals surface area contributed by atoms with Gasteiger partial charge in [-0.25, -0.2) is 0 Å². The average molecular weight is 273 g/mol. The SMILES string of the molecule is Cc1ccnc(-c2cc(CC(=S)N(C)O)ccn2)c1. The zero-order valence-electron chi connectivity index (χ0n) is 10.9. The zero-order chi connectivity index (χ0) is 13.8. The molecule has 0 fully saturated rings. The second-order valence-electron chi connectivity index (χ2n) is 4.36. The second kappa shape index (κ2) is 5.86. The highest BCUT2D eigenvalue weighted by Gasteiger charge is 2.06. The van der Waals surface area contributed by atoms with Crippen molar-refractivity contribution in [3.05, 3.63) is 47.8 Å². The lowest BCUT2D eigenvalue weighted by Crippen LogP contribution is -2.22. The number of aromatic nitrogens is 2. The molecule has 0 aliphatic carbocycles. The van der Waals surface area contributed by atoms with Crippen LogP contribution in [0, 0.1) is 6.92 Å². The van der Waals surface area contributed by atoms with Crippen molar-refractivity contribution in [1.82, 2.24) is 15.0 Å². The Labute approximate surface area is 117 Å². The lowest BCUT2D eigenvalue weighted by Gasteiger charge is -2.11. The Balaban J connectivity index is 2.27. The van der Waals surface area contributed by atoms with Gasteiger partial charge in [0.05, 0.1) is 11.4 Å². The summed E-state index contributed by atoms with van der Waals surface area (Å²) >= 11 is 5.08. The monoisotopic (exact) mass is 273 g/mol. The lowest BCUT2D eigenvalue weighted by atomic mass is 10.1. The van der Waals surface area contributed by atoms with E-state index in [0.717, 1.165) is 27.6 Å². The van der Waals surface area contributed by atoms with E-state index in [-0.39, 0.29) is 0 Å². The molecule has 5 heteroatoms. The van der Waals surface area contributed by atoms with Gasteiger partial charge >= 0.3 is 0 Å². The van der Waals surface area contributed by atoms with E-state index in [2.05, 4.69) is 9.97 Å². The molecule has 0 aromatic carbocycles. The fourth-order valence-corrected chi connectivity index (χ4v) is 1.86. The Morgan fingerprint density at radius 2 is 1.84 bits per heavy atom. The van der Waals surface area contributed by atoms with Crippen molar-refractivity contribution in [2.45, 2.75) is 13.3 Å². The van der Waals surface area contributed by atoms with Crippen molar-refractivity contribution < 1.29 is 5.21 Å². The van der Waals surface area contributed by atoms with E-state index in [9.17, 15) is 5.21 Å². The molecule has 19 heavy (non-hydrogen) atoms. The number of nitrogens with zero attached hydrogens (tertiary/aromatic N) is 3. The summed E-state index contributed by atoms with van der Waals surface area (Å²) in [6.07, 6.45) is 4.00. The number of likely N-dealkylation sites (N-methyl/N-ethyl adjacent to an activating group) is 1. The average Bonchev–Trinajstić information content (AvgIpc) is 2.39. The molecule has 0 saturated heterocycles. The number of aryl methyl sites for hydroxylation is 1. The third-order valence-electron chi connectivity index (χ3n) is 2.72. The fraction of sp³-hybridized carbons (Fsp3) is 0.214. The van der Waals surface area contributed by atoms with Gasteiger partial charge in [-0.15, -0.1) is 0 Å². The van der Waals surface area contributed by atoms with Gasteiger partial charge in [-0.2, -0.15) is 0 Å². The number of hydrogen-bond donors (Lipinski definition) is 1. The molecule has 0 bridgehead atoms. The van der Waals surface area contributed by atoms with E-state index >= 15 is 0 Å². The summed E-state index contributed by atoms with van der Waals surface area (Å²) in [5, 5.41) is 10.2. The van der Waals surface area contributed by atoms with Crippen LogP contribution in [0.1, 0.15) is 11.1 Å². The van der Waals surface area contributed by atoms with Crippen LogP contribution >= 0.6 is 12.2 Å². The largest absolute Gasteiger partial charge is 0.288 e. The van der Waals surface area contributed by atoms with Crippen molar-refractivity contribution in [2.75, 3.05) is 7.05 Å². The predicted octanol–water partition coefficient (Wildman–Crippen LogP) is 2.64. The van der Waals surface area contributed by atoms with Gasteiger partial charge in [0.1, 0.15) is 4.99 Å². The Morgan fingerprint density at radius 1 is 1.21 bits per heavy atom. The quantitative estimate of drug-likeness (QED) is 0.688. The molecule has 0 unspecified atom stereocenters. The van der Waals surface area contributed by atoms with E-state index in [0.29, 0.717) is 11.4 Å². The highest BCUT2D eigenvalue weighted by molar-refractivity contribution is 7.80. The van der Waals surface area contributed by atoms with E-state index in [1.807, 2.05) is 31.2 Å². The summed E-state index contributed by atoms with van der Waals surface area (Å²) < 4.78 is 0. The third kappa shape index (κ3) is 3.56. The molecule has 2 rings (SSSR count). The molecule has 4 nitrogen and oxygen atoms in total. The lowest BCUT2D eigenvalue weighted by molar-refractivity contribution is 0.0149. The Bertz CT molecular complexity index is 599. The summed E-state index contributed by atoms with van der Waals surface area (Å²) in [7, 11) is 1.52. The minimum atomic E-state index is 0.467. The standard InChI is InChI=1S/C14H15N3OS/c1-10-3-5-15-12(7-10)13-8-11(4-6-16-13)9-14(19)17(2)18/h3-8,18H,9H2,1-2H3. The maximum atomic E-state index is 9.27. The molecule has 0 radical (unpaired) electrons. The van der Waals surface area contributed by atoms with Crippen molar-refractivity contribution in [3.8, 4) is 11.4 Å². The van der Waals surface area contributed by atoms with Crippen molar-refractivity contribution in [3.63, 3.8) is 0 Å². The van der Waals surface area contributed by atoms with Crippen molar-refractivity contribution >= 4 is 17.2 Å². The topological polar surface area (TPSA) is 49.2 Å². The highest BCUT2D eigenvalue weighted by Crippen LogP contribution is 2.17. The van der Waals surface area contributed by atoms with Gasteiger partial charge in [0.2, 0.25) is 0 Å². The van der Waals surface area contributed by atoms with Crippen LogP contribution in [0.15, 0.2) is 36.7 Å². The molecular formula is C14H15N3OS. The Kier molecular flexibility index (Phi) is 4.19. The Hall–Kier alpha value is -1.85. The van der Waals surface area contributed by atoms with Crippen molar-refractivity contribution in [1.29, 1.82) is 0 Å². The molecule has 0 spiro atoms. The van der Waals surface area contributed by atoms with Crippen LogP contribution in [0.25, 0.3) is 11.4 Å². The van der Waals surface area contributed by atoms with Crippen LogP contribution in [0.3, 0.4) is 0 Å². The number of rotatable bonds is 3. The van der Waals surface area contributed by atoms with Gasteiger partial charge < -0.3 is 0 Å². The molecule has 0 saturated carbocycles. The summed E-state index contributed by atoms with van der Waals surface area (Å²) in [4.78, 5) is 9.10. The molecule has 98 valence electrons. The van der Waals surface area contributed by atoms with Gasteiger partial charge in [0, 0.05) is 25.9 Å². The summed E-state index contributed by atoms with van der Waals surface area (Å²) in [5.41, 5.74) is 3.79. The van der Waals surface area contributed by atoms with Crippen LogP contribution in [-0.4, -0.2) is 32.3 Å². The summed E-state index contributed by atoms with van der Waals surface area (Å²) in [6.45, 7) is 2.02. The molecule has 0 atom stereocenters. The van der Waals surface area contributed by atoms with E-state index < -0.39 is 0 Å². The first-order chi connectivity index (χ1) is 9.06. The van der Waals surface area contributed by atoms with Crippen LogP contribution in [0.4, 0.5) is 0 Å². The molecule has 2 heterocycles. The van der Waals surface area contributed by atoms with Gasteiger partial charge in [-0.05, 0) is 42.3 Å². The van der Waals surface area contributed by atoms with Gasteiger partial charge in [-0.3, -0.25) is 20.2 Å². The number of pyridine rings is 2. The fourth-order valence-electron chi connectivity index (χ4n) is 1.69. The predicted molar refractivity (Wildman–Crippen MR) is 78.1 cm³/mol. The summed E-state index contributed by atoms with van der Waals surface area (Å²) in [6, 6.07) is 7.76. The molecule has 0 amide bonds. The smallest absolute Gasteiger partial charge is 0.107 e. The van der Waals surface area contributed by atoms with Crippen LogP contribution in [0.2, 0.25) is 0 Å².